The van der Waals surface area contributed by atoms with Crippen molar-refractivity contribution in [3.05, 3.63) is 23.9 Å². The fraction of sp³-hybridized carbons (Fsp3) is 0.600. The lowest BCUT2D eigenvalue weighted by atomic mass is 10.0. The topological polar surface area (TPSA) is 88.5 Å². The normalized spacial score (nSPS) is 24.4. The van der Waals surface area contributed by atoms with Gasteiger partial charge in [0.25, 0.3) is 5.91 Å². The third kappa shape index (κ3) is 3.01. The number of amides is 1. The van der Waals surface area contributed by atoms with Gasteiger partial charge in [0.2, 0.25) is 0 Å². The number of aromatic nitrogens is 1. The van der Waals surface area contributed by atoms with E-state index in [9.17, 15) is 4.79 Å². The van der Waals surface area contributed by atoms with E-state index in [1.165, 1.54) is 0 Å². The first-order valence-corrected chi connectivity index (χ1v) is 7.64. The van der Waals surface area contributed by atoms with Crippen LogP contribution in [0.3, 0.4) is 0 Å². The summed E-state index contributed by atoms with van der Waals surface area (Å²) in [6, 6.07) is 4.39. The number of piperidine rings is 1. The largest absolute Gasteiger partial charge is 0.365 e. The van der Waals surface area contributed by atoms with Gasteiger partial charge in [-0.2, -0.15) is 0 Å². The van der Waals surface area contributed by atoms with Crippen LogP contribution in [0, 0.1) is 0 Å². The van der Waals surface area contributed by atoms with E-state index in [2.05, 4.69) is 14.8 Å². The van der Waals surface area contributed by atoms with Crippen LogP contribution in [0.2, 0.25) is 0 Å². The van der Waals surface area contributed by atoms with Gasteiger partial charge in [-0.3, -0.25) is 9.69 Å². The Labute approximate surface area is 125 Å². The molecule has 0 spiro atoms. The summed E-state index contributed by atoms with van der Waals surface area (Å²) < 4.78 is 0. The number of carbonyl (C=O) groups excluding carboxylic acids is 1. The van der Waals surface area contributed by atoms with E-state index in [4.69, 9.17) is 11.5 Å². The van der Waals surface area contributed by atoms with Crippen LogP contribution >= 0.6 is 0 Å². The first-order chi connectivity index (χ1) is 10.1. The van der Waals surface area contributed by atoms with Gasteiger partial charge in [-0.15, -0.1) is 0 Å². The van der Waals surface area contributed by atoms with Gasteiger partial charge in [0.1, 0.15) is 5.82 Å². The molecule has 2 aliphatic heterocycles. The molecule has 0 bridgehead atoms. The maximum Gasteiger partial charge on any atom is 0.252 e. The summed E-state index contributed by atoms with van der Waals surface area (Å²) in [5.74, 6) is 0.312. The number of primary amides is 1. The summed E-state index contributed by atoms with van der Waals surface area (Å²) in [6.45, 7) is 3.98. The molecule has 1 aromatic rings. The van der Waals surface area contributed by atoms with E-state index in [1.807, 2.05) is 0 Å². The lowest BCUT2D eigenvalue weighted by molar-refractivity contribution is 0.100. The summed E-state index contributed by atoms with van der Waals surface area (Å²) in [6.07, 6.45) is 4.97. The summed E-state index contributed by atoms with van der Waals surface area (Å²) in [5, 5.41) is 0. The highest BCUT2D eigenvalue weighted by atomic mass is 16.1. The van der Waals surface area contributed by atoms with Crippen molar-refractivity contribution >= 4 is 11.7 Å². The maximum absolute atomic E-state index is 11.5. The molecule has 0 saturated carbocycles. The molecule has 0 aliphatic carbocycles. The van der Waals surface area contributed by atoms with Crippen molar-refractivity contribution < 1.29 is 4.79 Å². The molecule has 0 aromatic carbocycles. The van der Waals surface area contributed by atoms with Gasteiger partial charge in [0.15, 0.2) is 0 Å². The van der Waals surface area contributed by atoms with Crippen molar-refractivity contribution in [3.8, 4) is 0 Å². The van der Waals surface area contributed by atoms with Crippen LogP contribution in [0.5, 0.6) is 0 Å². The predicted octanol–water partition coefficient (Wildman–Crippen LogP) is 0.182. The number of hydrogen-bond acceptors (Lipinski definition) is 5. The van der Waals surface area contributed by atoms with Gasteiger partial charge in [-0.25, -0.2) is 4.98 Å². The van der Waals surface area contributed by atoms with Crippen LogP contribution in [0.25, 0.3) is 0 Å². The van der Waals surface area contributed by atoms with Crippen molar-refractivity contribution in [1.29, 1.82) is 0 Å². The van der Waals surface area contributed by atoms with E-state index in [0.29, 0.717) is 17.6 Å². The van der Waals surface area contributed by atoms with Gasteiger partial charge >= 0.3 is 0 Å². The zero-order chi connectivity index (χ0) is 14.8. The minimum absolute atomic E-state index is 0.357. The number of carbonyl (C=O) groups is 1. The summed E-state index contributed by atoms with van der Waals surface area (Å²) in [4.78, 5) is 20.6. The smallest absolute Gasteiger partial charge is 0.252 e. The number of hydrogen-bond donors (Lipinski definition) is 2. The Morgan fingerprint density at radius 2 is 2.00 bits per heavy atom. The molecule has 1 amide bonds. The van der Waals surface area contributed by atoms with E-state index in [1.54, 1.807) is 18.3 Å². The van der Waals surface area contributed by atoms with Gasteiger partial charge in [0.05, 0.1) is 5.56 Å². The zero-order valence-electron chi connectivity index (χ0n) is 12.2. The number of nitrogens with zero attached hydrogens (tertiary/aromatic N) is 3. The molecule has 2 aliphatic rings. The average Bonchev–Trinajstić information content (AvgIpc) is 2.97. The highest BCUT2D eigenvalue weighted by Gasteiger charge is 2.31. The standard InChI is InChI=1S/C15H23N5O/c16-11-3-7-19(8-4-11)12-5-9-20(10-12)15-13(14(17)21)2-1-6-18-15/h1-2,6,11-12H,3-5,7-10,16H2,(H2,17,21). The fourth-order valence-corrected chi connectivity index (χ4v) is 3.36. The monoisotopic (exact) mass is 289 g/mol. The minimum atomic E-state index is -0.412. The molecule has 6 heteroatoms. The van der Waals surface area contributed by atoms with Crippen LogP contribution in [0.1, 0.15) is 29.6 Å². The molecule has 21 heavy (non-hydrogen) atoms. The van der Waals surface area contributed by atoms with Crippen molar-refractivity contribution in [2.24, 2.45) is 11.5 Å². The van der Waals surface area contributed by atoms with Crippen LogP contribution in [-0.4, -0.2) is 54.1 Å². The second-order valence-electron chi connectivity index (χ2n) is 6.00. The second-order valence-corrected chi connectivity index (χ2v) is 6.00. The molecule has 1 aromatic heterocycles. The number of anilines is 1. The Morgan fingerprint density at radius 3 is 2.71 bits per heavy atom. The van der Waals surface area contributed by atoms with Crippen molar-refractivity contribution in [3.63, 3.8) is 0 Å². The SMILES string of the molecule is NC(=O)c1cccnc1N1CCC(N2CCC(N)CC2)C1. The molecule has 3 heterocycles. The second kappa shape index (κ2) is 5.99. The van der Waals surface area contributed by atoms with E-state index < -0.39 is 5.91 Å². The zero-order valence-corrected chi connectivity index (χ0v) is 12.2. The fourth-order valence-electron chi connectivity index (χ4n) is 3.36. The maximum atomic E-state index is 11.5. The van der Waals surface area contributed by atoms with Gasteiger partial charge in [-0.1, -0.05) is 0 Å². The highest BCUT2D eigenvalue weighted by molar-refractivity contribution is 5.97. The van der Waals surface area contributed by atoms with E-state index in [0.717, 1.165) is 51.3 Å². The number of nitrogens with two attached hydrogens (primary N) is 2. The lowest BCUT2D eigenvalue weighted by Crippen LogP contribution is -2.46. The summed E-state index contributed by atoms with van der Waals surface area (Å²) in [7, 11) is 0. The molecule has 3 rings (SSSR count). The Morgan fingerprint density at radius 1 is 1.24 bits per heavy atom. The molecule has 2 saturated heterocycles. The van der Waals surface area contributed by atoms with Gasteiger partial charge in [-0.05, 0) is 44.5 Å². The molecule has 4 N–H and O–H groups in total. The molecule has 1 unspecified atom stereocenters. The van der Waals surface area contributed by atoms with Crippen molar-refractivity contribution in [2.45, 2.75) is 31.3 Å². The molecule has 114 valence electrons. The van der Waals surface area contributed by atoms with Gasteiger partial charge < -0.3 is 16.4 Å². The Bertz CT molecular complexity index is 513. The van der Waals surface area contributed by atoms with Gasteiger partial charge in [0, 0.05) is 31.4 Å². The van der Waals surface area contributed by atoms with Crippen LogP contribution in [-0.2, 0) is 0 Å². The third-order valence-corrected chi connectivity index (χ3v) is 4.61. The molecular formula is C15H23N5O. The molecule has 2 fully saturated rings. The molecular weight excluding hydrogens is 266 g/mol. The van der Waals surface area contributed by atoms with Crippen LogP contribution < -0.4 is 16.4 Å². The predicted molar refractivity (Wildman–Crippen MR) is 82.2 cm³/mol. The minimum Gasteiger partial charge on any atom is -0.365 e. The lowest BCUT2D eigenvalue weighted by Gasteiger charge is -2.34. The molecule has 0 radical (unpaired) electrons. The Hall–Kier alpha value is -1.66. The number of rotatable bonds is 3. The van der Waals surface area contributed by atoms with E-state index >= 15 is 0 Å². The first-order valence-electron chi connectivity index (χ1n) is 7.64. The highest BCUT2D eigenvalue weighted by Crippen LogP contribution is 2.25. The van der Waals surface area contributed by atoms with Crippen molar-refractivity contribution in [2.75, 3.05) is 31.1 Å². The van der Waals surface area contributed by atoms with E-state index in [-0.39, 0.29) is 0 Å². The van der Waals surface area contributed by atoms with Crippen LogP contribution in [0.4, 0.5) is 5.82 Å². The Kier molecular flexibility index (Phi) is 4.07. The quantitative estimate of drug-likeness (QED) is 0.829. The van der Waals surface area contributed by atoms with Crippen LogP contribution in [0.15, 0.2) is 18.3 Å². The number of pyridine rings is 1. The van der Waals surface area contributed by atoms with Crippen molar-refractivity contribution in [1.82, 2.24) is 9.88 Å². The average molecular weight is 289 g/mol. The third-order valence-electron chi connectivity index (χ3n) is 4.61. The number of likely N-dealkylation sites (tertiary alicyclic amines) is 1. The molecule has 6 nitrogen and oxygen atoms in total. The summed E-state index contributed by atoms with van der Waals surface area (Å²) >= 11 is 0. The first kappa shape index (κ1) is 14.3. The molecule has 1 atom stereocenters. The Balaban J connectivity index is 1.68. The summed E-state index contributed by atoms with van der Waals surface area (Å²) in [5.41, 5.74) is 11.9.